The lowest BCUT2D eigenvalue weighted by atomic mass is 10.3. The third-order valence-corrected chi connectivity index (χ3v) is 2.71. The number of benzene rings is 1. The van der Waals surface area contributed by atoms with Crippen LogP contribution in [0, 0.1) is 0 Å². The van der Waals surface area contributed by atoms with Gasteiger partial charge in [0.25, 0.3) is 0 Å². The summed E-state index contributed by atoms with van der Waals surface area (Å²) in [6.07, 6.45) is 3.34. The standard InChI is InChI=1S/C13H11NOS/c15-13(7-6-11-8-9-16-10-11)14-12-4-2-1-3-5-12/h1-10H,(H,14,15)/b7-6+. The lowest BCUT2D eigenvalue weighted by Gasteiger charge is -1.99. The molecule has 1 N–H and O–H groups in total. The molecule has 0 atom stereocenters. The Kier molecular flexibility index (Phi) is 3.51. The van der Waals surface area contributed by atoms with E-state index in [1.54, 1.807) is 17.4 Å². The summed E-state index contributed by atoms with van der Waals surface area (Å²) in [6.45, 7) is 0. The second-order valence-corrected chi connectivity index (χ2v) is 4.03. The third-order valence-electron chi connectivity index (χ3n) is 2.01. The van der Waals surface area contributed by atoms with E-state index in [0.29, 0.717) is 0 Å². The summed E-state index contributed by atoms with van der Waals surface area (Å²) in [4.78, 5) is 11.5. The van der Waals surface area contributed by atoms with Crippen molar-refractivity contribution in [2.24, 2.45) is 0 Å². The maximum atomic E-state index is 11.5. The summed E-state index contributed by atoms with van der Waals surface area (Å²) in [5.41, 5.74) is 1.86. The molecule has 80 valence electrons. The molecule has 16 heavy (non-hydrogen) atoms. The van der Waals surface area contributed by atoms with E-state index in [2.05, 4.69) is 5.32 Å². The highest BCUT2D eigenvalue weighted by Crippen LogP contribution is 2.08. The summed E-state index contributed by atoms with van der Waals surface area (Å²) < 4.78 is 0. The quantitative estimate of drug-likeness (QED) is 0.803. The first-order valence-electron chi connectivity index (χ1n) is 4.91. The Morgan fingerprint density at radius 3 is 2.69 bits per heavy atom. The van der Waals surface area contributed by atoms with Crippen molar-refractivity contribution in [1.82, 2.24) is 0 Å². The van der Waals surface area contributed by atoms with Crippen LogP contribution in [0.3, 0.4) is 0 Å². The second-order valence-electron chi connectivity index (χ2n) is 3.25. The largest absolute Gasteiger partial charge is 0.323 e. The maximum Gasteiger partial charge on any atom is 0.248 e. The molecule has 1 heterocycles. The monoisotopic (exact) mass is 229 g/mol. The summed E-state index contributed by atoms with van der Waals surface area (Å²) in [6, 6.07) is 11.4. The van der Waals surface area contributed by atoms with Gasteiger partial charge in [0.1, 0.15) is 0 Å². The van der Waals surface area contributed by atoms with Gasteiger partial charge in [-0.05, 0) is 40.6 Å². The smallest absolute Gasteiger partial charge is 0.248 e. The number of amides is 1. The Labute approximate surface area is 98.2 Å². The van der Waals surface area contributed by atoms with E-state index in [1.165, 1.54) is 6.08 Å². The Balaban J connectivity index is 1.95. The highest BCUT2D eigenvalue weighted by Gasteiger charge is 1.96. The van der Waals surface area contributed by atoms with Gasteiger partial charge in [0, 0.05) is 11.8 Å². The van der Waals surface area contributed by atoms with Crippen LogP contribution in [0.5, 0.6) is 0 Å². The number of nitrogens with one attached hydrogen (secondary N) is 1. The molecule has 0 aliphatic carbocycles. The van der Waals surface area contributed by atoms with Crippen LogP contribution in [0.4, 0.5) is 5.69 Å². The molecule has 2 rings (SSSR count). The van der Waals surface area contributed by atoms with Crippen molar-refractivity contribution in [2.75, 3.05) is 5.32 Å². The van der Waals surface area contributed by atoms with Crippen LogP contribution in [0.25, 0.3) is 6.08 Å². The van der Waals surface area contributed by atoms with Crippen molar-refractivity contribution >= 4 is 29.0 Å². The zero-order valence-corrected chi connectivity index (χ0v) is 9.41. The Hall–Kier alpha value is -1.87. The van der Waals surface area contributed by atoms with Gasteiger partial charge in [0.15, 0.2) is 0 Å². The SMILES string of the molecule is O=C(/C=C/c1ccsc1)Nc1ccccc1. The number of hydrogen-bond acceptors (Lipinski definition) is 2. The van der Waals surface area contributed by atoms with Gasteiger partial charge in [-0.15, -0.1) is 0 Å². The fourth-order valence-electron chi connectivity index (χ4n) is 1.25. The molecule has 1 aromatic heterocycles. The first-order valence-corrected chi connectivity index (χ1v) is 5.85. The van der Waals surface area contributed by atoms with Gasteiger partial charge in [0.2, 0.25) is 5.91 Å². The summed E-state index contributed by atoms with van der Waals surface area (Å²) >= 11 is 1.61. The molecule has 0 unspecified atom stereocenters. The van der Waals surface area contributed by atoms with Crippen molar-refractivity contribution in [2.45, 2.75) is 0 Å². The second kappa shape index (κ2) is 5.28. The molecule has 1 aromatic carbocycles. The Morgan fingerprint density at radius 1 is 1.19 bits per heavy atom. The highest BCUT2D eigenvalue weighted by atomic mass is 32.1. The van der Waals surface area contributed by atoms with Gasteiger partial charge in [-0.2, -0.15) is 11.3 Å². The number of thiophene rings is 1. The van der Waals surface area contributed by atoms with E-state index in [0.717, 1.165) is 11.3 Å². The van der Waals surface area contributed by atoms with Gasteiger partial charge < -0.3 is 5.32 Å². The zero-order valence-electron chi connectivity index (χ0n) is 8.59. The minimum Gasteiger partial charge on any atom is -0.323 e. The highest BCUT2D eigenvalue weighted by molar-refractivity contribution is 7.08. The molecule has 0 fully saturated rings. The average Bonchev–Trinajstić information content (AvgIpc) is 2.81. The molecule has 1 amide bonds. The van der Waals surface area contributed by atoms with Gasteiger partial charge >= 0.3 is 0 Å². The van der Waals surface area contributed by atoms with Crippen LogP contribution in [0.1, 0.15) is 5.56 Å². The predicted octanol–water partition coefficient (Wildman–Crippen LogP) is 3.40. The van der Waals surface area contributed by atoms with Crippen molar-refractivity contribution in [3.8, 4) is 0 Å². The number of carbonyl (C=O) groups is 1. The molecular formula is C13H11NOS. The average molecular weight is 229 g/mol. The van der Waals surface area contributed by atoms with E-state index in [9.17, 15) is 4.79 Å². The zero-order chi connectivity index (χ0) is 11.2. The van der Waals surface area contributed by atoms with E-state index < -0.39 is 0 Å². The third kappa shape index (κ3) is 3.07. The lowest BCUT2D eigenvalue weighted by Crippen LogP contribution is -2.07. The van der Waals surface area contributed by atoms with E-state index >= 15 is 0 Å². The van der Waals surface area contributed by atoms with Gasteiger partial charge in [-0.3, -0.25) is 4.79 Å². The lowest BCUT2D eigenvalue weighted by molar-refractivity contribution is -0.111. The number of para-hydroxylation sites is 1. The maximum absolute atomic E-state index is 11.5. The fraction of sp³-hybridized carbons (Fsp3) is 0. The molecule has 0 aliphatic rings. The minimum absolute atomic E-state index is 0.114. The van der Waals surface area contributed by atoms with Crippen molar-refractivity contribution in [1.29, 1.82) is 0 Å². The first-order chi connectivity index (χ1) is 7.84. The van der Waals surface area contributed by atoms with Crippen LogP contribution < -0.4 is 5.32 Å². The molecule has 0 radical (unpaired) electrons. The molecule has 2 aromatic rings. The molecule has 0 spiro atoms. The van der Waals surface area contributed by atoms with Crippen LogP contribution >= 0.6 is 11.3 Å². The molecular weight excluding hydrogens is 218 g/mol. The fourth-order valence-corrected chi connectivity index (χ4v) is 1.88. The van der Waals surface area contributed by atoms with Crippen molar-refractivity contribution < 1.29 is 4.79 Å². The van der Waals surface area contributed by atoms with E-state index in [1.807, 2.05) is 47.2 Å². The number of hydrogen-bond donors (Lipinski definition) is 1. The Bertz CT molecular complexity index is 474. The molecule has 0 saturated carbocycles. The normalized spacial score (nSPS) is 10.5. The van der Waals surface area contributed by atoms with Gasteiger partial charge in [-0.1, -0.05) is 18.2 Å². The number of rotatable bonds is 3. The Morgan fingerprint density at radius 2 is 2.00 bits per heavy atom. The van der Waals surface area contributed by atoms with Crippen LogP contribution in [-0.4, -0.2) is 5.91 Å². The molecule has 0 saturated heterocycles. The summed E-state index contributed by atoms with van der Waals surface area (Å²) in [5, 5.41) is 6.76. The molecule has 3 heteroatoms. The van der Waals surface area contributed by atoms with Crippen LogP contribution in [0.2, 0.25) is 0 Å². The van der Waals surface area contributed by atoms with E-state index in [-0.39, 0.29) is 5.91 Å². The summed E-state index contributed by atoms with van der Waals surface area (Å²) in [7, 11) is 0. The first kappa shape index (κ1) is 10.6. The van der Waals surface area contributed by atoms with Crippen molar-refractivity contribution in [3.63, 3.8) is 0 Å². The number of carbonyl (C=O) groups excluding carboxylic acids is 1. The van der Waals surface area contributed by atoms with Gasteiger partial charge in [0.05, 0.1) is 0 Å². The molecule has 2 nitrogen and oxygen atoms in total. The van der Waals surface area contributed by atoms with Gasteiger partial charge in [-0.25, -0.2) is 0 Å². The molecule has 0 bridgehead atoms. The predicted molar refractivity (Wildman–Crippen MR) is 68.4 cm³/mol. The van der Waals surface area contributed by atoms with Crippen LogP contribution in [-0.2, 0) is 4.79 Å². The minimum atomic E-state index is -0.114. The van der Waals surface area contributed by atoms with Crippen LogP contribution in [0.15, 0.2) is 53.2 Å². The van der Waals surface area contributed by atoms with E-state index in [4.69, 9.17) is 0 Å². The summed E-state index contributed by atoms with van der Waals surface area (Å²) in [5.74, 6) is -0.114. The number of anilines is 1. The topological polar surface area (TPSA) is 29.1 Å². The van der Waals surface area contributed by atoms with Crippen molar-refractivity contribution in [3.05, 3.63) is 58.8 Å². The molecule has 0 aliphatic heterocycles.